The maximum atomic E-state index is 13.3. The van der Waals surface area contributed by atoms with E-state index in [1.54, 1.807) is 6.92 Å². The van der Waals surface area contributed by atoms with Crippen LogP contribution in [0.2, 0.25) is 0 Å². The topological polar surface area (TPSA) is 38.0 Å². The average molecular weight is 378 g/mol. The van der Waals surface area contributed by atoms with Gasteiger partial charge in [-0.1, -0.05) is 24.3 Å². The number of rotatable bonds is 3. The Labute approximate surface area is 145 Å². The second-order valence-corrected chi connectivity index (χ2v) is 5.86. The van der Waals surface area contributed by atoms with Crippen LogP contribution < -0.4 is 0 Å². The van der Waals surface area contributed by atoms with Gasteiger partial charge in [-0.25, -0.2) is 4.98 Å². The molecule has 142 valence electrons. The second kappa shape index (κ2) is 6.46. The monoisotopic (exact) mass is 378 g/mol. The molecule has 1 unspecified atom stereocenters. The Bertz CT molecular complexity index is 831. The van der Waals surface area contributed by atoms with E-state index in [1.807, 2.05) is 0 Å². The van der Waals surface area contributed by atoms with Gasteiger partial charge < -0.3 is 9.67 Å². The van der Waals surface area contributed by atoms with Gasteiger partial charge in [0, 0.05) is 17.5 Å². The van der Waals surface area contributed by atoms with Crippen molar-refractivity contribution in [2.75, 3.05) is 0 Å². The van der Waals surface area contributed by atoms with Gasteiger partial charge in [-0.05, 0) is 26.8 Å². The Kier molecular flexibility index (Phi) is 4.97. The molecule has 1 aromatic carbocycles. The van der Waals surface area contributed by atoms with E-state index in [0.717, 1.165) is 22.9 Å². The summed E-state index contributed by atoms with van der Waals surface area (Å²) in [5.41, 5.74) is -5.17. The number of hydrogen-bond acceptors (Lipinski definition) is 2. The summed E-state index contributed by atoms with van der Waals surface area (Å²) < 4.78 is 80.4. The van der Waals surface area contributed by atoms with Crippen molar-refractivity contribution in [2.45, 2.75) is 38.7 Å². The van der Waals surface area contributed by atoms with Crippen molar-refractivity contribution < 1.29 is 31.4 Å². The molecule has 1 atom stereocenters. The highest BCUT2D eigenvalue weighted by Gasteiger charge is 2.53. The molecule has 0 bridgehead atoms. The van der Waals surface area contributed by atoms with Gasteiger partial charge in [0.15, 0.2) is 0 Å². The molecule has 3 nitrogen and oxygen atoms in total. The number of imidazole rings is 1. The van der Waals surface area contributed by atoms with E-state index in [-0.39, 0.29) is 11.4 Å². The second-order valence-electron chi connectivity index (χ2n) is 5.86. The van der Waals surface area contributed by atoms with Crippen LogP contribution in [0.3, 0.4) is 0 Å². The molecule has 1 heterocycles. The van der Waals surface area contributed by atoms with Crippen molar-refractivity contribution in [1.29, 1.82) is 0 Å². The summed E-state index contributed by atoms with van der Waals surface area (Å²) in [6, 6.07) is 4.45. The molecule has 0 saturated carbocycles. The Morgan fingerprint density at radius 2 is 1.69 bits per heavy atom. The predicted octanol–water partition coefficient (Wildman–Crippen LogP) is 5.22. The molecule has 1 aromatic heterocycles. The van der Waals surface area contributed by atoms with E-state index >= 15 is 0 Å². The Hall–Kier alpha value is -2.29. The predicted molar refractivity (Wildman–Crippen MR) is 83.9 cm³/mol. The van der Waals surface area contributed by atoms with E-state index in [0.29, 0.717) is 12.6 Å². The summed E-state index contributed by atoms with van der Waals surface area (Å²) in [7, 11) is 0. The highest BCUT2D eigenvalue weighted by atomic mass is 19.4. The summed E-state index contributed by atoms with van der Waals surface area (Å²) >= 11 is 0. The number of alkyl halides is 6. The minimum atomic E-state index is -5.04. The van der Waals surface area contributed by atoms with Crippen LogP contribution in [-0.4, -0.2) is 20.8 Å². The van der Waals surface area contributed by atoms with Gasteiger partial charge in [-0.2, -0.15) is 26.3 Å². The van der Waals surface area contributed by atoms with E-state index < -0.39 is 29.2 Å². The van der Waals surface area contributed by atoms with Gasteiger partial charge >= 0.3 is 12.4 Å². The van der Waals surface area contributed by atoms with Crippen LogP contribution in [0.15, 0.2) is 36.5 Å². The Balaban J connectivity index is 2.79. The molecule has 0 spiro atoms. The molecule has 9 heteroatoms. The zero-order chi connectivity index (χ0) is 19.9. The highest BCUT2D eigenvalue weighted by Crippen LogP contribution is 2.41. The number of nitrogens with zero attached hydrogens (tertiary/aromatic N) is 2. The number of aromatic nitrogens is 2. The standard InChI is InChI=1S/C17H16F6N2O/c1-4-10(2)25-9-13(15(3,26)17(21,22)23)24-14(25)11-7-5-6-8-12(11)16(18,19)20/h4-9,26H,1-3H3/b10-4+. The smallest absolute Gasteiger partial charge is 0.375 e. The lowest BCUT2D eigenvalue weighted by atomic mass is 10.0. The van der Waals surface area contributed by atoms with Gasteiger partial charge in [-0.15, -0.1) is 0 Å². The van der Waals surface area contributed by atoms with Gasteiger partial charge in [0.2, 0.25) is 5.60 Å². The zero-order valence-corrected chi connectivity index (χ0v) is 14.1. The summed E-state index contributed by atoms with van der Waals surface area (Å²) in [6.07, 6.45) is -7.36. The van der Waals surface area contributed by atoms with Crippen molar-refractivity contribution in [3.8, 4) is 11.4 Å². The lowest BCUT2D eigenvalue weighted by Crippen LogP contribution is -2.39. The summed E-state index contributed by atoms with van der Waals surface area (Å²) in [5, 5.41) is 9.85. The molecule has 2 rings (SSSR count). The number of hydrogen-bond donors (Lipinski definition) is 1. The van der Waals surface area contributed by atoms with Gasteiger partial charge in [0.05, 0.1) is 5.56 Å². The maximum Gasteiger partial charge on any atom is 0.422 e. The van der Waals surface area contributed by atoms with E-state index in [2.05, 4.69) is 4.98 Å². The molecule has 0 aliphatic carbocycles. The molecule has 0 fully saturated rings. The first-order valence-electron chi connectivity index (χ1n) is 7.49. The fourth-order valence-corrected chi connectivity index (χ4v) is 2.28. The van der Waals surface area contributed by atoms with Crippen LogP contribution in [0.5, 0.6) is 0 Å². The minimum Gasteiger partial charge on any atom is -0.375 e. The molecule has 0 aliphatic rings. The number of halogens is 6. The third-order valence-corrected chi connectivity index (χ3v) is 4.03. The minimum absolute atomic E-state index is 0.340. The van der Waals surface area contributed by atoms with E-state index in [1.165, 1.54) is 25.1 Å². The third-order valence-electron chi connectivity index (χ3n) is 4.03. The zero-order valence-electron chi connectivity index (χ0n) is 14.1. The van der Waals surface area contributed by atoms with Crippen LogP contribution in [0.4, 0.5) is 26.3 Å². The highest BCUT2D eigenvalue weighted by molar-refractivity contribution is 5.66. The van der Waals surface area contributed by atoms with Gasteiger partial charge in [0.1, 0.15) is 11.5 Å². The SMILES string of the molecule is C/C=C(\C)n1cc(C(C)(O)C(F)(F)F)nc1-c1ccccc1C(F)(F)F. The first-order chi connectivity index (χ1) is 11.8. The molecular weight excluding hydrogens is 362 g/mol. The Morgan fingerprint density at radius 3 is 2.19 bits per heavy atom. The molecule has 0 radical (unpaired) electrons. The molecule has 0 amide bonds. The molecule has 2 aromatic rings. The van der Waals surface area contributed by atoms with Crippen LogP contribution in [-0.2, 0) is 11.8 Å². The largest absolute Gasteiger partial charge is 0.422 e. The lowest BCUT2D eigenvalue weighted by Gasteiger charge is -2.24. The van der Waals surface area contributed by atoms with Gasteiger partial charge in [0.25, 0.3) is 0 Å². The lowest BCUT2D eigenvalue weighted by molar-refractivity contribution is -0.260. The van der Waals surface area contributed by atoms with E-state index in [4.69, 9.17) is 0 Å². The number of aliphatic hydroxyl groups is 1. The number of benzene rings is 1. The fraction of sp³-hybridized carbons (Fsp3) is 0.353. The first kappa shape index (κ1) is 20.0. The Morgan fingerprint density at radius 1 is 1.12 bits per heavy atom. The third kappa shape index (κ3) is 3.48. The van der Waals surface area contributed by atoms with E-state index in [9.17, 15) is 31.4 Å². The molecule has 0 saturated heterocycles. The molecule has 0 aliphatic heterocycles. The summed E-state index contributed by atoms with van der Waals surface area (Å²) in [5.74, 6) is -0.340. The van der Waals surface area contributed by atoms with Crippen LogP contribution in [0, 0.1) is 0 Å². The maximum absolute atomic E-state index is 13.3. The van der Waals surface area contributed by atoms with Crippen LogP contribution in [0.1, 0.15) is 32.0 Å². The van der Waals surface area contributed by atoms with Crippen LogP contribution >= 0.6 is 0 Å². The van der Waals surface area contributed by atoms with Crippen molar-refractivity contribution in [3.63, 3.8) is 0 Å². The average Bonchev–Trinajstić information content (AvgIpc) is 2.98. The molecular formula is C17H16F6N2O. The summed E-state index contributed by atoms with van der Waals surface area (Å²) in [4.78, 5) is 3.71. The number of allylic oxidation sites excluding steroid dienone is 2. The van der Waals surface area contributed by atoms with Gasteiger partial charge in [-0.3, -0.25) is 0 Å². The first-order valence-corrected chi connectivity index (χ1v) is 7.49. The van der Waals surface area contributed by atoms with Crippen molar-refractivity contribution in [3.05, 3.63) is 47.8 Å². The molecule has 1 N–H and O–H groups in total. The quantitative estimate of drug-likeness (QED) is 0.744. The molecule has 26 heavy (non-hydrogen) atoms. The van der Waals surface area contributed by atoms with Crippen molar-refractivity contribution in [1.82, 2.24) is 9.55 Å². The fourth-order valence-electron chi connectivity index (χ4n) is 2.28. The van der Waals surface area contributed by atoms with Crippen molar-refractivity contribution in [2.24, 2.45) is 0 Å². The van der Waals surface area contributed by atoms with Crippen LogP contribution in [0.25, 0.3) is 17.1 Å². The normalized spacial score (nSPS) is 15.8. The summed E-state index contributed by atoms with van der Waals surface area (Å²) in [6.45, 7) is 3.59. The van der Waals surface area contributed by atoms with Crippen molar-refractivity contribution >= 4 is 5.70 Å².